The molecule has 0 bridgehead atoms. The van der Waals surface area contributed by atoms with Crippen LogP contribution in [-0.4, -0.2) is 58.3 Å². The lowest BCUT2D eigenvalue weighted by atomic mass is 9.86. The van der Waals surface area contributed by atoms with Crippen molar-refractivity contribution in [3.05, 3.63) is 90.9 Å². The molecule has 0 aliphatic carbocycles. The molecule has 3 N–H and O–H groups in total. The zero-order chi connectivity index (χ0) is 29.3. The van der Waals surface area contributed by atoms with Crippen LogP contribution in [0.3, 0.4) is 0 Å². The summed E-state index contributed by atoms with van der Waals surface area (Å²) in [6.07, 6.45) is 3.47. The Bertz CT molecular complexity index is 1450. The molecule has 0 saturated carbocycles. The smallest absolute Gasteiger partial charge is 0.272 e. The second kappa shape index (κ2) is 13.6. The number of nitrogens with one attached hydrogen (secondary N) is 3. The molecule has 1 atom stereocenters. The summed E-state index contributed by atoms with van der Waals surface area (Å²) in [5, 5.41) is 8.65. The van der Waals surface area contributed by atoms with Crippen LogP contribution >= 0.6 is 0 Å². The fourth-order valence-electron chi connectivity index (χ4n) is 4.23. The van der Waals surface area contributed by atoms with E-state index in [0.717, 1.165) is 21.7 Å². The summed E-state index contributed by atoms with van der Waals surface area (Å²) < 4.78 is 0. The van der Waals surface area contributed by atoms with Crippen LogP contribution in [0.15, 0.2) is 79.5 Å². The minimum absolute atomic E-state index is 0.0526. The first-order valence-corrected chi connectivity index (χ1v) is 13.5. The number of aromatic nitrogens is 2. The maximum Gasteiger partial charge on any atom is 0.272 e. The van der Waals surface area contributed by atoms with Crippen molar-refractivity contribution in [1.82, 2.24) is 25.5 Å². The van der Waals surface area contributed by atoms with Crippen LogP contribution < -0.4 is 10.6 Å². The van der Waals surface area contributed by atoms with Gasteiger partial charge in [-0.1, -0.05) is 69.3 Å². The van der Waals surface area contributed by atoms with Crippen LogP contribution in [0.2, 0.25) is 0 Å². The van der Waals surface area contributed by atoms with Crippen molar-refractivity contribution < 1.29 is 14.4 Å². The van der Waals surface area contributed by atoms with Gasteiger partial charge in [0.2, 0.25) is 5.91 Å². The number of H-pyrrole nitrogens is 1. The van der Waals surface area contributed by atoms with Crippen molar-refractivity contribution in [2.75, 3.05) is 19.6 Å². The number of hydrogen-bond acceptors (Lipinski definition) is 4. The molecular weight excluding hydrogens is 502 g/mol. The first kappa shape index (κ1) is 30.1. The van der Waals surface area contributed by atoms with Gasteiger partial charge in [0.15, 0.2) is 0 Å². The van der Waals surface area contributed by atoms with Gasteiger partial charge in [-0.3, -0.25) is 19.4 Å². The Balaban J connectivity index is 0.000000225. The highest BCUT2D eigenvalue weighted by Gasteiger charge is 2.33. The van der Waals surface area contributed by atoms with Crippen LogP contribution in [0.4, 0.5) is 0 Å². The highest BCUT2D eigenvalue weighted by molar-refractivity contribution is 6.00. The van der Waals surface area contributed by atoms with Gasteiger partial charge in [-0.2, -0.15) is 0 Å². The van der Waals surface area contributed by atoms with Gasteiger partial charge < -0.3 is 20.5 Å². The summed E-state index contributed by atoms with van der Waals surface area (Å²) in [4.78, 5) is 45.9. The van der Waals surface area contributed by atoms with Gasteiger partial charge in [0, 0.05) is 42.1 Å². The zero-order valence-electron chi connectivity index (χ0n) is 24.0. The van der Waals surface area contributed by atoms with E-state index in [2.05, 4.69) is 27.2 Å². The molecule has 0 radical (unpaired) electrons. The quantitative estimate of drug-likeness (QED) is 0.262. The maximum atomic E-state index is 12.5. The predicted octanol–water partition coefficient (Wildman–Crippen LogP) is 5.33. The van der Waals surface area contributed by atoms with E-state index in [9.17, 15) is 14.4 Å². The summed E-state index contributed by atoms with van der Waals surface area (Å²) in [7, 11) is 0. The zero-order valence-corrected chi connectivity index (χ0v) is 24.0. The molecule has 2 heterocycles. The molecule has 0 aliphatic heterocycles. The Morgan fingerprint density at radius 1 is 1.00 bits per heavy atom. The molecule has 0 spiro atoms. The van der Waals surface area contributed by atoms with Crippen LogP contribution in [0.1, 0.15) is 55.6 Å². The van der Waals surface area contributed by atoms with Gasteiger partial charge in [0.05, 0.1) is 0 Å². The molecule has 210 valence electrons. The second-order valence-corrected chi connectivity index (χ2v) is 10.5. The predicted molar refractivity (Wildman–Crippen MR) is 161 cm³/mol. The molecule has 4 aromatic rings. The van der Waals surface area contributed by atoms with Crippen molar-refractivity contribution in [3.63, 3.8) is 0 Å². The fourth-order valence-corrected chi connectivity index (χ4v) is 4.23. The summed E-state index contributed by atoms with van der Waals surface area (Å²) in [6.45, 7) is 15.0. The molecule has 8 nitrogen and oxygen atoms in total. The number of hydrogen-bond donors (Lipinski definition) is 3. The van der Waals surface area contributed by atoms with E-state index in [0.29, 0.717) is 31.0 Å². The van der Waals surface area contributed by atoms with Gasteiger partial charge in [0.1, 0.15) is 17.4 Å². The van der Waals surface area contributed by atoms with Crippen molar-refractivity contribution in [3.8, 4) is 0 Å². The largest absolute Gasteiger partial charge is 0.355 e. The highest BCUT2D eigenvalue weighted by Crippen LogP contribution is 2.21. The molecule has 0 aliphatic rings. The molecule has 0 unspecified atom stereocenters. The minimum atomic E-state index is -0.591. The normalized spacial score (nSPS) is 11.7. The Hall–Kier alpha value is -4.46. The Kier molecular flexibility index (Phi) is 10.2. The van der Waals surface area contributed by atoms with E-state index >= 15 is 0 Å². The lowest BCUT2D eigenvalue weighted by Crippen LogP contribution is -2.53. The molecule has 2 aromatic carbocycles. The fraction of sp³-hybridized carbons (Fsp3) is 0.312. The van der Waals surface area contributed by atoms with Gasteiger partial charge in [-0.15, -0.1) is 6.58 Å². The Morgan fingerprint density at radius 2 is 1.65 bits per heavy atom. The lowest BCUT2D eigenvalue weighted by Gasteiger charge is -2.30. The van der Waals surface area contributed by atoms with Crippen molar-refractivity contribution in [2.45, 2.75) is 40.7 Å². The van der Waals surface area contributed by atoms with E-state index in [-0.39, 0.29) is 23.1 Å². The van der Waals surface area contributed by atoms with Crippen LogP contribution in [0.25, 0.3) is 21.7 Å². The topological polar surface area (TPSA) is 107 Å². The highest BCUT2D eigenvalue weighted by atomic mass is 16.2. The van der Waals surface area contributed by atoms with Crippen molar-refractivity contribution in [1.29, 1.82) is 0 Å². The van der Waals surface area contributed by atoms with E-state index in [1.807, 2.05) is 89.2 Å². The lowest BCUT2D eigenvalue weighted by molar-refractivity contribution is -0.125. The third-order valence-corrected chi connectivity index (χ3v) is 6.40. The molecule has 4 rings (SSSR count). The van der Waals surface area contributed by atoms with Crippen molar-refractivity contribution >= 4 is 39.4 Å². The molecular formula is C32H39N5O3. The number of benzene rings is 2. The number of carbonyl (C=O) groups excluding carboxylic acids is 3. The minimum Gasteiger partial charge on any atom is -0.355 e. The first-order valence-electron chi connectivity index (χ1n) is 13.5. The number of pyridine rings is 1. The third-order valence-electron chi connectivity index (χ3n) is 6.40. The van der Waals surface area contributed by atoms with E-state index in [1.165, 1.54) is 0 Å². The number of likely N-dealkylation sites (N-methyl/N-ethyl adjacent to an activating group) is 2. The van der Waals surface area contributed by atoms with Gasteiger partial charge in [-0.25, -0.2) is 0 Å². The van der Waals surface area contributed by atoms with Gasteiger partial charge in [-0.05, 0) is 42.8 Å². The first-order chi connectivity index (χ1) is 19.1. The third kappa shape index (κ3) is 7.56. The maximum absolute atomic E-state index is 12.5. The number of rotatable bonds is 8. The summed E-state index contributed by atoms with van der Waals surface area (Å²) in [5.74, 6) is -0.495. The van der Waals surface area contributed by atoms with Crippen LogP contribution in [-0.2, 0) is 4.79 Å². The number of amides is 3. The van der Waals surface area contributed by atoms with Gasteiger partial charge in [0.25, 0.3) is 11.8 Å². The van der Waals surface area contributed by atoms with Crippen LogP contribution in [0, 0.1) is 5.41 Å². The summed E-state index contributed by atoms with van der Waals surface area (Å²) >= 11 is 0. The molecule has 8 heteroatoms. The van der Waals surface area contributed by atoms with Crippen molar-refractivity contribution in [2.24, 2.45) is 5.41 Å². The number of aromatic amines is 1. The molecule has 40 heavy (non-hydrogen) atoms. The Morgan fingerprint density at radius 3 is 2.25 bits per heavy atom. The monoisotopic (exact) mass is 541 g/mol. The average molecular weight is 542 g/mol. The van der Waals surface area contributed by atoms with E-state index in [1.54, 1.807) is 23.2 Å². The molecule has 0 saturated heterocycles. The van der Waals surface area contributed by atoms with Gasteiger partial charge >= 0.3 is 0 Å². The number of para-hydroxylation sites is 1. The standard InChI is InChI=1S/C17H23N3O2.C15H16N2O/c1-5-18-16(22)14(17(2,3)4)20-15(21)13-10-11-8-6-7-9-12(11)19-13;1-3-9-17(4-2)15(18)14-10-12-7-5-6-8-13(12)11-16-14/h6-10,14,19H,5H2,1-4H3,(H,18,22)(H,20,21);3,5-8,10-11H,1,4,9H2,2H3/t14-;/m1./s1. The molecule has 0 fully saturated rings. The number of carbonyl (C=O) groups is 3. The number of nitrogens with zero attached hydrogens (tertiary/aromatic N) is 2. The summed E-state index contributed by atoms with van der Waals surface area (Å²) in [5.41, 5.74) is 1.47. The SMILES string of the molecule is C=CCN(CC)C(=O)c1cc2ccccc2cn1.CCNC(=O)[C@@H](NC(=O)c1cc2ccccc2[nH]1)C(C)(C)C. The molecule has 2 aromatic heterocycles. The Labute approximate surface area is 235 Å². The van der Waals surface area contributed by atoms with Crippen LogP contribution in [0.5, 0.6) is 0 Å². The molecule has 3 amide bonds. The second-order valence-electron chi connectivity index (χ2n) is 10.5. The average Bonchev–Trinajstić information content (AvgIpc) is 3.38. The number of fused-ring (bicyclic) bond motifs is 2. The summed E-state index contributed by atoms with van der Waals surface area (Å²) in [6, 6.07) is 18.6. The van der Waals surface area contributed by atoms with E-state index in [4.69, 9.17) is 0 Å². The van der Waals surface area contributed by atoms with E-state index < -0.39 is 6.04 Å².